The molecule has 0 amide bonds. The Kier molecular flexibility index (Phi) is 11.1. The van der Waals surface area contributed by atoms with Gasteiger partial charge in [0.1, 0.15) is 0 Å². The first kappa shape index (κ1) is 20.2. The minimum absolute atomic E-state index is 0.0872. The molecule has 0 saturated heterocycles. The second-order valence-electron chi connectivity index (χ2n) is 7.20. The number of hydrogen-bond acceptors (Lipinski definition) is 2. The predicted molar refractivity (Wildman–Crippen MR) is 95.5 cm³/mol. The number of hydrogen-bond donors (Lipinski definition) is 2. The molecule has 1 unspecified atom stereocenters. The Balaban J connectivity index is 2.10. The number of unbranched alkanes of at least 4 members (excludes halogenated alkanes) is 3. The summed E-state index contributed by atoms with van der Waals surface area (Å²) in [5, 5.41) is 18.5. The average Bonchev–Trinajstić information content (AvgIpc) is 2.96. The van der Waals surface area contributed by atoms with E-state index in [-0.39, 0.29) is 6.10 Å². The predicted octanol–water partition coefficient (Wildman–Crippen LogP) is 5.33. The van der Waals surface area contributed by atoms with E-state index in [9.17, 15) is 9.90 Å². The molecule has 134 valence electrons. The highest BCUT2D eigenvalue weighted by Crippen LogP contribution is 2.38. The van der Waals surface area contributed by atoms with Crippen molar-refractivity contribution in [3.8, 4) is 0 Å². The van der Waals surface area contributed by atoms with Crippen LogP contribution in [0.1, 0.15) is 90.4 Å². The Labute approximate surface area is 142 Å². The van der Waals surface area contributed by atoms with Crippen LogP contribution < -0.4 is 0 Å². The van der Waals surface area contributed by atoms with Gasteiger partial charge in [-0.05, 0) is 37.5 Å². The maximum atomic E-state index is 10.4. The highest BCUT2D eigenvalue weighted by molar-refractivity contribution is 5.79. The maximum Gasteiger partial charge on any atom is 0.327 e. The molecule has 0 aromatic rings. The third-order valence-electron chi connectivity index (χ3n) is 5.28. The Hall–Kier alpha value is -0.830. The van der Waals surface area contributed by atoms with Crippen LogP contribution in [0.4, 0.5) is 0 Å². The molecule has 1 fully saturated rings. The van der Waals surface area contributed by atoms with E-state index in [1.807, 2.05) is 0 Å². The second kappa shape index (κ2) is 12.6. The Bertz CT molecular complexity index is 338. The summed E-state index contributed by atoms with van der Waals surface area (Å²) in [6.45, 7) is 2.17. The first-order valence-electron chi connectivity index (χ1n) is 9.71. The van der Waals surface area contributed by atoms with Gasteiger partial charge in [-0.3, -0.25) is 0 Å². The van der Waals surface area contributed by atoms with Gasteiger partial charge in [-0.25, -0.2) is 4.79 Å². The fraction of sp³-hybridized carbons (Fsp3) is 0.850. The molecular formula is C20H36O3. The minimum Gasteiger partial charge on any atom is -0.478 e. The number of aliphatic hydroxyl groups excluding tert-OH is 1. The van der Waals surface area contributed by atoms with Gasteiger partial charge in [0.2, 0.25) is 0 Å². The number of aliphatic carboxylic acids is 1. The molecule has 1 saturated carbocycles. The summed E-state index contributed by atoms with van der Waals surface area (Å²) in [4.78, 5) is 10.4. The number of aliphatic hydroxyl groups is 1. The summed E-state index contributed by atoms with van der Waals surface area (Å²) in [6.07, 6.45) is 18.2. The highest BCUT2D eigenvalue weighted by atomic mass is 16.4. The summed E-state index contributed by atoms with van der Waals surface area (Å²) in [5.74, 6) is 0.885. The summed E-state index contributed by atoms with van der Waals surface area (Å²) >= 11 is 0. The summed E-state index contributed by atoms with van der Waals surface area (Å²) in [5.41, 5.74) is 0. The third-order valence-corrected chi connectivity index (χ3v) is 5.28. The van der Waals surface area contributed by atoms with Crippen LogP contribution in [0.3, 0.4) is 0 Å². The molecule has 23 heavy (non-hydrogen) atoms. The van der Waals surface area contributed by atoms with E-state index in [0.29, 0.717) is 0 Å². The van der Waals surface area contributed by atoms with Crippen LogP contribution in [0.15, 0.2) is 12.2 Å². The lowest BCUT2D eigenvalue weighted by atomic mass is 9.86. The number of carbonyl (C=O) groups is 1. The lowest BCUT2D eigenvalue weighted by Crippen LogP contribution is -2.11. The molecule has 1 aliphatic rings. The molecule has 1 rings (SSSR count). The fourth-order valence-electron chi connectivity index (χ4n) is 3.93. The van der Waals surface area contributed by atoms with Crippen molar-refractivity contribution in [2.24, 2.45) is 11.8 Å². The Morgan fingerprint density at radius 1 is 1.09 bits per heavy atom. The minimum atomic E-state index is -0.845. The maximum absolute atomic E-state index is 10.4. The number of carboxylic acid groups (broad SMARTS) is 1. The first-order chi connectivity index (χ1) is 11.1. The van der Waals surface area contributed by atoms with Gasteiger partial charge in [-0.15, -0.1) is 0 Å². The molecule has 3 atom stereocenters. The standard InChI is InChI=1S/C20H36O3/c1-2-3-14-19(21)15-9-13-18-12-8-11-17(18)10-6-4-5-7-16-20(22)23/h7,16-19,21H,2-6,8-15H2,1H3,(H,22,23)/t17-,18+,19?/m0/s1. The zero-order chi connectivity index (χ0) is 16.9. The van der Waals surface area contributed by atoms with Gasteiger partial charge in [0, 0.05) is 6.08 Å². The summed E-state index contributed by atoms with van der Waals surface area (Å²) in [7, 11) is 0. The normalized spacial score (nSPS) is 22.7. The topological polar surface area (TPSA) is 57.5 Å². The average molecular weight is 325 g/mol. The van der Waals surface area contributed by atoms with Gasteiger partial charge in [0.05, 0.1) is 6.10 Å². The molecule has 0 aliphatic heterocycles. The van der Waals surface area contributed by atoms with Crippen molar-refractivity contribution in [1.29, 1.82) is 0 Å². The Morgan fingerprint density at radius 3 is 2.39 bits per heavy atom. The van der Waals surface area contributed by atoms with Crippen molar-refractivity contribution in [2.45, 2.75) is 96.5 Å². The van der Waals surface area contributed by atoms with E-state index in [1.54, 1.807) is 6.08 Å². The SMILES string of the molecule is CCCCC(O)CCC[C@H]1CCC[C@@H]1CCCCC=CC(=O)O. The van der Waals surface area contributed by atoms with Gasteiger partial charge in [-0.1, -0.05) is 70.8 Å². The van der Waals surface area contributed by atoms with Crippen molar-refractivity contribution in [3.05, 3.63) is 12.2 Å². The van der Waals surface area contributed by atoms with E-state index in [2.05, 4.69) is 6.92 Å². The zero-order valence-corrected chi connectivity index (χ0v) is 14.9. The van der Waals surface area contributed by atoms with Crippen molar-refractivity contribution in [2.75, 3.05) is 0 Å². The van der Waals surface area contributed by atoms with Crippen molar-refractivity contribution < 1.29 is 15.0 Å². The molecule has 0 aromatic carbocycles. The van der Waals surface area contributed by atoms with Gasteiger partial charge < -0.3 is 10.2 Å². The van der Waals surface area contributed by atoms with E-state index >= 15 is 0 Å². The van der Waals surface area contributed by atoms with Crippen LogP contribution in [-0.4, -0.2) is 22.3 Å². The largest absolute Gasteiger partial charge is 0.478 e. The first-order valence-corrected chi connectivity index (χ1v) is 9.71. The van der Waals surface area contributed by atoms with Crippen molar-refractivity contribution >= 4 is 5.97 Å². The van der Waals surface area contributed by atoms with E-state index in [0.717, 1.165) is 43.9 Å². The monoisotopic (exact) mass is 324 g/mol. The zero-order valence-electron chi connectivity index (χ0n) is 14.9. The molecule has 0 aromatic heterocycles. The van der Waals surface area contributed by atoms with Crippen LogP contribution in [0.5, 0.6) is 0 Å². The van der Waals surface area contributed by atoms with Crippen molar-refractivity contribution in [1.82, 2.24) is 0 Å². The second-order valence-corrected chi connectivity index (χ2v) is 7.20. The number of carboxylic acids is 1. The van der Waals surface area contributed by atoms with Gasteiger partial charge in [-0.2, -0.15) is 0 Å². The molecule has 1 aliphatic carbocycles. The van der Waals surface area contributed by atoms with Crippen LogP contribution in [-0.2, 0) is 4.79 Å². The van der Waals surface area contributed by atoms with E-state index in [4.69, 9.17) is 5.11 Å². The third kappa shape index (κ3) is 9.80. The van der Waals surface area contributed by atoms with Gasteiger partial charge >= 0.3 is 5.97 Å². The molecular weight excluding hydrogens is 288 g/mol. The van der Waals surface area contributed by atoms with Gasteiger partial charge in [0.15, 0.2) is 0 Å². The van der Waals surface area contributed by atoms with Crippen molar-refractivity contribution in [3.63, 3.8) is 0 Å². The van der Waals surface area contributed by atoms with E-state index in [1.165, 1.54) is 57.4 Å². The van der Waals surface area contributed by atoms with Crippen LogP contribution in [0.25, 0.3) is 0 Å². The smallest absolute Gasteiger partial charge is 0.327 e. The quantitative estimate of drug-likeness (QED) is 0.356. The molecule has 0 spiro atoms. The molecule has 0 radical (unpaired) electrons. The summed E-state index contributed by atoms with van der Waals surface area (Å²) < 4.78 is 0. The number of allylic oxidation sites excluding steroid dienone is 1. The Morgan fingerprint density at radius 2 is 1.74 bits per heavy atom. The lowest BCUT2D eigenvalue weighted by Gasteiger charge is -2.20. The molecule has 3 nitrogen and oxygen atoms in total. The van der Waals surface area contributed by atoms with Gasteiger partial charge in [0.25, 0.3) is 0 Å². The molecule has 0 bridgehead atoms. The highest BCUT2D eigenvalue weighted by Gasteiger charge is 2.26. The van der Waals surface area contributed by atoms with Crippen LogP contribution in [0, 0.1) is 11.8 Å². The lowest BCUT2D eigenvalue weighted by molar-refractivity contribution is -0.131. The number of rotatable bonds is 13. The molecule has 3 heteroatoms. The molecule has 2 N–H and O–H groups in total. The van der Waals surface area contributed by atoms with Crippen LogP contribution >= 0.6 is 0 Å². The van der Waals surface area contributed by atoms with Crippen LogP contribution in [0.2, 0.25) is 0 Å². The van der Waals surface area contributed by atoms with E-state index < -0.39 is 5.97 Å². The molecule has 0 heterocycles. The fourth-order valence-corrected chi connectivity index (χ4v) is 3.93. The summed E-state index contributed by atoms with van der Waals surface area (Å²) in [6, 6.07) is 0.